The Balaban J connectivity index is 2.99. The molecule has 1 amide bonds. The largest absolute Gasteiger partial charge is 0.497 e. The van der Waals surface area contributed by atoms with E-state index in [2.05, 4.69) is 26.2 Å². The highest BCUT2D eigenvalue weighted by Gasteiger charge is 2.10. The summed E-state index contributed by atoms with van der Waals surface area (Å²) < 4.78 is 5.68. The molecule has 0 saturated heterocycles. The number of hydrogen-bond acceptors (Lipinski definition) is 3. The number of carbonyl (C=O) groups is 1. The fourth-order valence-corrected chi connectivity index (χ4v) is 1.38. The van der Waals surface area contributed by atoms with Crippen LogP contribution in [0.15, 0.2) is 22.7 Å². The van der Waals surface area contributed by atoms with E-state index in [4.69, 9.17) is 4.74 Å². The second-order valence-corrected chi connectivity index (χ2v) is 3.34. The molecule has 5 heteroatoms. The van der Waals surface area contributed by atoms with Crippen molar-refractivity contribution in [2.75, 3.05) is 14.2 Å². The summed E-state index contributed by atoms with van der Waals surface area (Å²) in [6.45, 7) is 0. The van der Waals surface area contributed by atoms with Crippen molar-refractivity contribution in [3.63, 3.8) is 0 Å². The summed E-state index contributed by atoms with van der Waals surface area (Å²) in [6, 6.07) is 5.12. The molecule has 0 bridgehead atoms. The minimum absolute atomic E-state index is 0.321. The second kappa shape index (κ2) is 4.97. The molecule has 0 aliphatic rings. The van der Waals surface area contributed by atoms with Crippen molar-refractivity contribution in [2.24, 2.45) is 0 Å². The Morgan fingerprint density at radius 2 is 2.14 bits per heavy atom. The van der Waals surface area contributed by atoms with E-state index in [1.165, 1.54) is 7.11 Å². The van der Waals surface area contributed by atoms with Crippen LogP contribution >= 0.6 is 15.9 Å². The van der Waals surface area contributed by atoms with Crippen LogP contribution in [-0.4, -0.2) is 20.1 Å². The van der Waals surface area contributed by atoms with Crippen molar-refractivity contribution in [3.05, 3.63) is 28.2 Å². The van der Waals surface area contributed by atoms with Gasteiger partial charge >= 0.3 is 0 Å². The van der Waals surface area contributed by atoms with Gasteiger partial charge in [0.05, 0.1) is 19.8 Å². The lowest BCUT2D eigenvalue weighted by molar-refractivity contribution is 0.0536. The van der Waals surface area contributed by atoms with Crippen LogP contribution in [-0.2, 0) is 4.84 Å². The number of nitrogens with one attached hydrogen (secondary N) is 1. The van der Waals surface area contributed by atoms with Crippen LogP contribution < -0.4 is 10.2 Å². The summed E-state index contributed by atoms with van der Waals surface area (Å²) in [7, 11) is 2.92. The molecule has 0 spiro atoms. The van der Waals surface area contributed by atoms with Gasteiger partial charge in [0.1, 0.15) is 5.75 Å². The summed E-state index contributed by atoms with van der Waals surface area (Å²) in [4.78, 5) is 15.9. The Hall–Kier alpha value is -1.07. The molecule has 1 aromatic rings. The third-order valence-corrected chi connectivity index (χ3v) is 2.30. The molecule has 14 heavy (non-hydrogen) atoms. The van der Waals surface area contributed by atoms with Crippen LogP contribution in [0.1, 0.15) is 10.4 Å². The fraction of sp³-hybridized carbons (Fsp3) is 0.222. The van der Waals surface area contributed by atoms with Crippen LogP contribution in [0.3, 0.4) is 0 Å². The molecular weight excluding hydrogens is 250 g/mol. The van der Waals surface area contributed by atoms with Crippen molar-refractivity contribution in [3.8, 4) is 5.75 Å². The minimum atomic E-state index is -0.321. The van der Waals surface area contributed by atoms with E-state index in [1.807, 2.05) is 0 Å². The molecule has 1 N–H and O–H groups in total. The molecule has 76 valence electrons. The first-order chi connectivity index (χ1) is 6.69. The van der Waals surface area contributed by atoms with Crippen LogP contribution in [0.4, 0.5) is 0 Å². The summed E-state index contributed by atoms with van der Waals surface area (Å²) in [5, 5.41) is 0. The van der Waals surface area contributed by atoms with E-state index in [1.54, 1.807) is 25.3 Å². The molecule has 0 radical (unpaired) electrons. The van der Waals surface area contributed by atoms with Crippen LogP contribution in [0.25, 0.3) is 0 Å². The molecular formula is C9H10BrNO3. The number of carbonyl (C=O) groups excluding carboxylic acids is 1. The van der Waals surface area contributed by atoms with E-state index in [0.717, 1.165) is 0 Å². The molecule has 0 saturated carbocycles. The van der Waals surface area contributed by atoms with Gasteiger partial charge in [0.2, 0.25) is 0 Å². The van der Waals surface area contributed by atoms with Gasteiger partial charge in [-0.3, -0.25) is 9.63 Å². The molecule has 0 fully saturated rings. The average molecular weight is 260 g/mol. The second-order valence-electron chi connectivity index (χ2n) is 2.48. The highest BCUT2D eigenvalue weighted by Crippen LogP contribution is 2.22. The minimum Gasteiger partial charge on any atom is -0.497 e. The Labute approximate surface area is 90.3 Å². The quantitative estimate of drug-likeness (QED) is 0.842. The number of methoxy groups -OCH3 is 1. The lowest BCUT2D eigenvalue weighted by Gasteiger charge is -2.06. The Morgan fingerprint density at radius 1 is 1.43 bits per heavy atom. The van der Waals surface area contributed by atoms with E-state index < -0.39 is 0 Å². The van der Waals surface area contributed by atoms with Gasteiger partial charge in [-0.25, -0.2) is 5.48 Å². The van der Waals surface area contributed by atoms with Gasteiger partial charge in [0.15, 0.2) is 0 Å². The standard InChI is InChI=1S/C9H10BrNO3/c1-13-6-3-4-8(10)7(5-6)9(12)11-14-2/h3-5H,1-2H3,(H,11,12). The van der Waals surface area contributed by atoms with Crippen LogP contribution in [0.5, 0.6) is 5.75 Å². The van der Waals surface area contributed by atoms with Gasteiger partial charge in [-0.15, -0.1) is 0 Å². The fourth-order valence-electron chi connectivity index (χ4n) is 0.953. The number of ether oxygens (including phenoxy) is 1. The van der Waals surface area contributed by atoms with Crippen molar-refractivity contribution in [1.82, 2.24) is 5.48 Å². The Morgan fingerprint density at radius 3 is 2.71 bits per heavy atom. The molecule has 0 atom stereocenters. The molecule has 1 rings (SSSR count). The third-order valence-electron chi connectivity index (χ3n) is 1.61. The van der Waals surface area contributed by atoms with Gasteiger partial charge in [-0.05, 0) is 34.1 Å². The normalized spacial score (nSPS) is 9.64. The van der Waals surface area contributed by atoms with Crippen LogP contribution in [0, 0.1) is 0 Å². The zero-order valence-electron chi connectivity index (χ0n) is 7.83. The number of amides is 1. The van der Waals surface area contributed by atoms with Gasteiger partial charge in [-0.1, -0.05) is 0 Å². The molecule has 0 aliphatic carbocycles. The summed E-state index contributed by atoms with van der Waals surface area (Å²) >= 11 is 3.26. The molecule has 4 nitrogen and oxygen atoms in total. The highest BCUT2D eigenvalue weighted by atomic mass is 79.9. The lowest BCUT2D eigenvalue weighted by Crippen LogP contribution is -2.22. The first kappa shape index (κ1) is 11.0. The van der Waals surface area contributed by atoms with E-state index in [0.29, 0.717) is 15.8 Å². The topological polar surface area (TPSA) is 47.6 Å². The van der Waals surface area contributed by atoms with Gasteiger partial charge < -0.3 is 4.74 Å². The van der Waals surface area contributed by atoms with Crippen molar-refractivity contribution in [1.29, 1.82) is 0 Å². The summed E-state index contributed by atoms with van der Waals surface area (Å²) in [6.07, 6.45) is 0. The third kappa shape index (κ3) is 2.46. The van der Waals surface area contributed by atoms with Crippen molar-refractivity contribution in [2.45, 2.75) is 0 Å². The number of benzene rings is 1. The molecule has 0 unspecified atom stereocenters. The molecule has 0 aromatic heterocycles. The van der Waals surface area contributed by atoms with E-state index >= 15 is 0 Å². The number of halogens is 1. The Kier molecular flexibility index (Phi) is 3.91. The number of hydroxylamine groups is 1. The van der Waals surface area contributed by atoms with Gasteiger partial charge in [-0.2, -0.15) is 0 Å². The first-order valence-corrected chi connectivity index (χ1v) is 4.65. The average Bonchev–Trinajstić information content (AvgIpc) is 2.19. The van der Waals surface area contributed by atoms with Crippen LogP contribution in [0.2, 0.25) is 0 Å². The zero-order chi connectivity index (χ0) is 10.6. The Bertz CT molecular complexity index is 341. The predicted octanol–water partition coefficient (Wildman–Crippen LogP) is 1.75. The maximum absolute atomic E-state index is 11.4. The maximum atomic E-state index is 11.4. The lowest BCUT2D eigenvalue weighted by atomic mass is 10.2. The molecule has 0 heterocycles. The van der Waals surface area contributed by atoms with Crippen molar-refractivity contribution >= 4 is 21.8 Å². The highest BCUT2D eigenvalue weighted by molar-refractivity contribution is 9.10. The monoisotopic (exact) mass is 259 g/mol. The molecule has 1 aromatic carbocycles. The number of rotatable bonds is 3. The smallest absolute Gasteiger partial charge is 0.276 e. The first-order valence-electron chi connectivity index (χ1n) is 3.86. The summed E-state index contributed by atoms with van der Waals surface area (Å²) in [5.41, 5.74) is 2.69. The molecule has 0 aliphatic heterocycles. The van der Waals surface area contributed by atoms with Crippen molar-refractivity contribution < 1.29 is 14.4 Å². The summed E-state index contributed by atoms with van der Waals surface area (Å²) in [5.74, 6) is 0.299. The SMILES string of the molecule is CONC(=O)c1cc(OC)ccc1Br. The predicted molar refractivity (Wildman–Crippen MR) is 55.2 cm³/mol. The zero-order valence-corrected chi connectivity index (χ0v) is 9.42. The van der Waals surface area contributed by atoms with Gasteiger partial charge in [0, 0.05) is 4.47 Å². The van der Waals surface area contributed by atoms with E-state index in [9.17, 15) is 4.79 Å². The maximum Gasteiger partial charge on any atom is 0.276 e. The number of hydrogen-bond donors (Lipinski definition) is 1. The van der Waals surface area contributed by atoms with E-state index in [-0.39, 0.29) is 5.91 Å². The van der Waals surface area contributed by atoms with Gasteiger partial charge in [0.25, 0.3) is 5.91 Å².